The van der Waals surface area contributed by atoms with Crippen LogP contribution in [0, 0.1) is 11.8 Å². The number of fused-ring (bicyclic) bond motifs is 1. The Hall–Kier alpha value is -2.67. The average Bonchev–Trinajstić information content (AvgIpc) is 2.82. The van der Waals surface area contributed by atoms with Gasteiger partial charge in [0.2, 0.25) is 11.8 Å². The zero-order valence-corrected chi connectivity index (χ0v) is 19.7. The van der Waals surface area contributed by atoms with E-state index in [4.69, 9.17) is 4.74 Å². The van der Waals surface area contributed by atoms with Crippen molar-refractivity contribution in [3.8, 4) is 0 Å². The number of ether oxygens (including phenoxy) is 1. The zero-order chi connectivity index (χ0) is 23.8. The molecule has 0 saturated carbocycles. The molecule has 2 aliphatic heterocycles. The molecule has 1 aromatic rings. The number of benzene rings is 1. The SMILES string of the molecule is CC(C)[C@H]1COC(=O)CCCC=CC[C@H](CC(=O)N2Cc3ccccc3C[C@H]2CO)C(=O)N1. The summed E-state index contributed by atoms with van der Waals surface area (Å²) >= 11 is 0. The Morgan fingerprint density at radius 1 is 1.21 bits per heavy atom. The summed E-state index contributed by atoms with van der Waals surface area (Å²) in [6.45, 7) is 4.39. The van der Waals surface area contributed by atoms with Gasteiger partial charge in [0.1, 0.15) is 6.61 Å². The quantitative estimate of drug-likeness (QED) is 0.537. The Morgan fingerprint density at radius 3 is 2.70 bits per heavy atom. The summed E-state index contributed by atoms with van der Waals surface area (Å²) < 4.78 is 5.37. The van der Waals surface area contributed by atoms with Crippen LogP contribution in [-0.4, -0.2) is 53.1 Å². The standard InChI is InChI=1S/C26H36N2O5/c1-18(2)23-17-33-25(31)12-6-4-3-5-10-20(26(32)27-23)14-24(30)28-15-21-11-8-7-9-19(21)13-22(28)16-29/h3,5,7-9,11,18,20,22-23,29H,4,6,10,12-17H2,1-2H3,(H,27,32)/t20-,22+,23-/m1/s1. The van der Waals surface area contributed by atoms with Gasteiger partial charge >= 0.3 is 5.97 Å². The minimum atomic E-state index is -0.525. The predicted octanol–water partition coefficient (Wildman–Crippen LogP) is 2.75. The van der Waals surface area contributed by atoms with Crippen LogP contribution >= 0.6 is 0 Å². The molecule has 3 atom stereocenters. The molecule has 1 aromatic carbocycles. The molecular weight excluding hydrogens is 420 g/mol. The van der Waals surface area contributed by atoms with E-state index in [9.17, 15) is 19.5 Å². The molecule has 0 saturated heterocycles. The number of rotatable bonds is 4. The van der Waals surface area contributed by atoms with Crippen LogP contribution in [0.25, 0.3) is 0 Å². The second-order valence-corrected chi connectivity index (χ2v) is 9.37. The van der Waals surface area contributed by atoms with Crippen LogP contribution in [0.5, 0.6) is 0 Å². The van der Waals surface area contributed by atoms with Gasteiger partial charge in [-0.3, -0.25) is 14.4 Å². The molecule has 2 aliphatic rings. The van der Waals surface area contributed by atoms with Gasteiger partial charge in [-0.25, -0.2) is 0 Å². The lowest BCUT2D eigenvalue weighted by Gasteiger charge is -2.36. The highest BCUT2D eigenvalue weighted by atomic mass is 16.5. The van der Waals surface area contributed by atoms with E-state index in [-0.39, 0.29) is 55.4 Å². The van der Waals surface area contributed by atoms with Crippen molar-refractivity contribution in [1.29, 1.82) is 0 Å². The van der Waals surface area contributed by atoms with Crippen molar-refractivity contribution in [2.24, 2.45) is 11.8 Å². The van der Waals surface area contributed by atoms with Crippen molar-refractivity contribution in [1.82, 2.24) is 10.2 Å². The van der Waals surface area contributed by atoms with Crippen molar-refractivity contribution in [3.63, 3.8) is 0 Å². The van der Waals surface area contributed by atoms with Gasteiger partial charge in [0, 0.05) is 19.4 Å². The molecule has 0 bridgehead atoms. The number of hydrogen-bond donors (Lipinski definition) is 2. The van der Waals surface area contributed by atoms with Gasteiger partial charge in [0.05, 0.1) is 24.6 Å². The van der Waals surface area contributed by atoms with E-state index in [0.29, 0.717) is 32.2 Å². The molecule has 33 heavy (non-hydrogen) atoms. The number of nitrogens with one attached hydrogen (secondary N) is 1. The molecule has 7 heteroatoms. The predicted molar refractivity (Wildman–Crippen MR) is 125 cm³/mol. The van der Waals surface area contributed by atoms with Crippen molar-refractivity contribution in [3.05, 3.63) is 47.5 Å². The second-order valence-electron chi connectivity index (χ2n) is 9.37. The molecular formula is C26H36N2O5. The molecule has 0 aromatic heterocycles. The maximum Gasteiger partial charge on any atom is 0.305 e. The topological polar surface area (TPSA) is 95.9 Å². The van der Waals surface area contributed by atoms with Gasteiger partial charge in [-0.1, -0.05) is 50.3 Å². The van der Waals surface area contributed by atoms with Gasteiger partial charge < -0.3 is 20.1 Å². The van der Waals surface area contributed by atoms with Gasteiger partial charge in [-0.05, 0) is 42.7 Å². The lowest BCUT2D eigenvalue weighted by atomic mass is 9.92. The number of carbonyl (C=O) groups excluding carboxylic acids is 3. The lowest BCUT2D eigenvalue weighted by Crippen LogP contribution is -2.49. The van der Waals surface area contributed by atoms with Crippen LogP contribution in [0.15, 0.2) is 36.4 Å². The molecule has 2 N–H and O–H groups in total. The molecule has 7 nitrogen and oxygen atoms in total. The first kappa shape index (κ1) is 25.0. The van der Waals surface area contributed by atoms with Crippen molar-refractivity contribution in [2.45, 2.75) is 71.0 Å². The fraction of sp³-hybridized carbons (Fsp3) is 0.577. The first-order valence-corrected chi connectivity index (χ1v) is 12.0. The number of aliphatic hydroxyl groups excluding tert-OH is 1. The van der Waals surface area contributed by atoms with Gasteiger partial charge in [0.15, 0.2) is 0 Å². The van der Waals surface area contributed by atoms with E-state index in [1.54, 1.807) is 4.90 Å². The number of esters is 1. The zero-order valence-electron chi connectivity index (χ0n) is 19.7. The Morgan fingerprint density at radius 2 is 1.97 bits per heavy atom. The molecule has 2 amide bonds. The Balaban J connectivity index is 1.74. The molecule has 180 valence electrons. The van der Waals surface area contributed by atoms with Crippen LogP contribution in [-0.2, 0) is 32.1 Å². The van der Waals surface area contributed by atoms with Crippen LogP contribution < -0.4 is 5.32 Å². The molecule has 3 rings (SSSR count). The summed E-state index contributed by atoms with van der Waals surface area (Å²) in [5.74, 6) is -1.04. The first-order valence-electron chi connectivity index (χ1n) is 12.0. The fourth-order valence-electron chi connectivity index (χ4n) is 4.35. The lowest BCUT2D eigenvalue weighted by molar-refractivity contribution is -0.145. The van der Waals surface area contributed by atoms with Crippen LogP contribution in [0.3, 0.4) is 0 Å². The normalized spacial score (nSPS) is 24.7. The summed E-state index contributed by atoms with van der Waals surface area (Å²) in [6.07, 6.45) is 6.78. The summed E-state index contributed by atoms with van der Waals surface area (Å²) in [5.41, 5.74) is 2.23. The molecule has 0 unspecified atom stereocenters. The monoisotopic (exact) mass is 456 g/mol. The van der Waals surface area contributed by atoms with Gasteiger partial charge in [-0.2, -0.15) is 0 Å². The van der Waals surface area contributed by atoms with E-state index in [1.807, 2.05) is 50.3 Å². The first-order chi connectivity index (χ1) is 15.9. The number of cyclic esters (lactones) is 1. The molecule has 0 spiro atoms. The molecule has 0 radical (unpaired) electrons. The maximum absolute atomic E-state index is 13.3. The maximum atomic E-state index is 13.3. The third-order valence-corrected chi connectivity index (χ3v) is 6.57. The van der Waals surface area contributed by atoms with Crippen LogP contribution in [0.4, 0.5) is 0 Å². The number of aliphatic hydroxyl groups is 1. The van der Waals surface area contributed by atoms with Crippen molar-refractivity contribution in [2.75, 3.05) is 13.2 Å². The smallest absolute Gasteiger partial charge is 0.305 e. The average molecular weight is 457 g/mol. The van der Waals surface area contributed by atoms with Crippen molar-refractivity contribution < 1.29 is 24.2 Å². The molecule has 0 fully saturated rings. The summed E-state index contributed by atoms with van der Waals surface area (Å²) in [5, 5.41) is 12.9. The minimum Gasteiger partial charge on any atom is -0.463 e. The number of allylic oxidation sites excluding steroid dienone is 2. The van der Waals surface area contributed by atoms with E-state index < -0.39 is 5.92 Å². The fourth-order valence-corrected chi connectivity index (χ4v) is 4.35. The van der Waals surface area contributed by atoms with Crippen LogP contribution in [0.2, 0.25) is 0 Å². The van der Waals surface area contributed by atoms with Gasteiger partial charge in [0.25, 0.3) is 0 Å². The van der Waals surface area contributed by atoms with E-state index in [2.05, 4.69) is 5.32 Å². The third-order valence-electron chi connectivity index (χ3n) is 6.57. The number of carbonyl (C=O) groups is 3. The molecule has 0 aliphatic carbocycles. The Labute approximate surface area is 196 Å². The Bertz CT molecular complexity index is 866. The highest BCUT2D eigenvalue weighted by Crippen LogP contribution is 2.25. The number of amides is 2. The molecule has 2 heterocycles. The highest BCUT2D eigenvalue weighted by molar-refractivity contribution is 5.86. The summed E-state index contributed by atoms with van der Waals surface area (Å²) in [7, 11) is 0. The minimum absolute atomic E-state index is 0.0689. The summed E-state index contributed by atoms with van der Waals surface area (Å²) in [4.78, 5) is 40.1. The van der Waals surface area contributed by atoms with Gasteiger partial charge in [-0.15, -0.1) is 0 Å². The Kier molecular flexibility index (Phi) is 9.06. The summed E-state index contributed by atoms with van der Waals surface area (Å²) in [6, 6.07) is 7.36. The second kappa shape index (κ2) is 12.0. The van der Waals surface area contributed by atoms with Crippen LogP contribution in [0.1, 0.15) is 57.1 Å². The van der Waals surface area contributed by atoms with E-state index in [0.717, 1.165) is 17.5 Å². The van der Waals surface area contributed by atoms with E-state index in [1.165, 1.54) is 0 Å². The highest BCUT2D eigenvalue weighted by Gasteiger charge is 2.32. The van der Waals surface area contributed by atoms with Crippen molar-refractivity contribution >= 4 is 17.8 Å². The largest absolute Gasteiger partial charge is 0.463 e. The number of hydrogen-bond acceptors (Lipinski definition) is 5. The van der Waals surface area contributed by atoms with E-state index >= 15 is 0 Å². The third kappa shape index (κ3) is 6.90. The number of nitrogens with zero attached hydrogens (tertiary/aromatic N) is 1.